The molecule has 0 saturated heterocycles. The van der Waals surface area contributed by atoms with Gasteiger partial charge in [0.05, 0.1) is 4.47 Å². The Kier molecular flexibility index (Phi) is 5.44. The molecule has 0 heterocycles. The maximum absolute atomic E-state index is 12.1. The normalized spacial score (nSPS) is 11.0. The molecule has 0 spiro atoms. The molecule has 2 aromatic carbocycles. The summed E-state index contributed by atoms with van der Waals surface area (Å²) in [6.45, 7) is 7.82. The average Bonchev–Trinajstić information content (AvgIpc) is 2.48. The molecule has 2 aromatic rings. The third-order valence-corrected chi connectivity index (χ3v) is 4.14. The van der Waals surface area contributed by atoms with Crippen molar-refractivity contribution < 1.29 is 14.3 Å². The van der Waals surface area contributed by atoms with E-state index in [1.54, 1.807) is 30.3 Å². The van der Waals surface area contributed by atoms with E-state index < -0.39 is 6.09 Å². The van der Waals surface area contributed by atoms with Crippen molar-refractivity contribution >= 4 is 33.5 Å². The van der Waals surface area contributed by atoms with E-state index in [2.05, 4.69) is 42.0 Å². The predicted molar refractivity (Wildman–Crippen MR) is 98.9 cm³/mol. The van der Waals surface area contributed by atoms with Gasteiger partial charge in [-0.15, -0.1) is 0 Å². The molecule has 0 aliphatic carbocycles. The number of carbonyl (C=O) groups is 2. The van der Waals surface area contributed by atoms with Crippen molar-refractivity contribution in [2.45, 2.75) is 33.1 Å². The number of hydrogen-bond acceptors (Lipinski definition) is 3. The number of carbonyl (C=O) groups excluding carboxylic acids is 2. The minimum atomic E-state index is -0.611. The van der Waals surface area contributed by atoms with Gasteiger partial charge in [-0.25, -0.2) is 4.79 Å². The molecule has 0 aliphatic heterocycles. The van der Waals surface area contributed by atoms with Gasteiger partial charge in [-0.2, -0.15) is 0 Å². The van der Waals surface area contributed by atoms with E-state index in [-0.39, 0.29) is 11.2 Å². The maximum Gasteiger partial charge on any atom is 0.417 e. The van der Waals surface area contributed by atoms with Gasteiger partial charge in [-0.3, -0.25) is 10.1 Å². The molecule has 0 fully saturated rings. The number of ether oxygens (including phenoxy) is 1. The molecule has 4 nitrogen and oxygen atoms in total. The van der Waals surface area contributed by atoms with Gasteiger partial charge in [0.2, 0.25) is 0 Å². The lowest BCUT2D eigenvalue weighted by Crippen LogP contribution is -2.17. The van der Waals surface area contributed by atoms with Crippen LogP contribution in [0.1, 0.15) is 43.6 Å². The zero-order valence-electron chi connectivity index (χ0n) is 14.1. The third-order valence-electron chi connectivity index (χ3n) is 3.52. The summed E-state index contributed by atoms with van der Waals surface area (Å²) < 4.78 is 6.05. The molecule has 0 aliphatic rings. The molecule has 0 unspecified atom stereocenters. The first-order valence-corrected chi connectivity index (χ1v) is 8.36. The van der Waals surface area contributed by atoms with E-state index in [4.69, 9.17) is 4.74 Å². The number of Topliss-reactive ketones (excluding diaryl/α,β-unsaturated/α-hetero) is 1. The Hall–Kier alpha value is -2.14. The number of anilines is 1. The topological polar surface area (TPSA) is 55.4 Å². The van der Waals surface area contributed by atoms with Crippen molar-refractivity contribution in [2.24, 2.45) is 0 Å². The van der Waals surface area contributed by atoms with Crippen LogP contribution >= 0.6 is 15.9 Å². The Morgan fingerprint density at radius 2 is 1.79 bits per heavy atom. The highest BCUT2D eigenvalue weighted by molar-refractivity contribution is 9.10. The average molecular weight is 390 g/mol. The van der Waals surface area contributed by atoms with Crippen LogP contribution in [0.3, 0.4) is 0 Å². The summed E-state index contributed by atoms with van der Waals surface area (Å²) >= 11 is 3.43. The molecule has 2 rings (SSSR count). The summed E-state index contributed by atoms with van der Waals surface area (Å²) in [4.78, 5) is 23.4. The highest BCUT2D eigenvalue weighted by atomic mass is 79.9. The fourth-order valence-corrected chi connectivity index (χ4v) is 2.57. The van der Waals surface area contributed by atoms with Gasteiger partial charge in [0.15, 0.2) is 5.78 Å². The second kappa shape index (κ2) is 7.18. The number of rotatable bonds is 3. The second-order valence-corrected chi connectivity index (χ2v) is 7.40. The smallest absolute Gasteiger partial charge is 0.409 e. The Morgan fingerprint density at radius 1 is 1.08 bits per heavy atom. The Morgan fingerprint density at radius 3 is 2.38 bits per heavy atom. The standard InChI is InChI=1S/C19H20BrNO3/c1-12(22)13-6-5-7-15(10-13)21-18(23)24-17-9-8-14(11-16(17)20)19(2,3)4/h5-11H,1-4H3,(H,21,23). The van der Waals surface area contributed by atoms with Crippen molar-refractivity contribution in [2.75, 3.05) is 5.32 Å². The lowest BCUT2D eigenvalue weighted by molar-refractivity contribution is 0.101. The minimum absolute atomic E-state index is 0.0104. The van der Waals surface area contributed by atoms with E-state index in [9.17, 15) is 9.59 Å². The van der Waals surface area contributed by atoms with Crippen LogP contribution in [-0.4, -0.2) is 11.9 Å². The quantitative estimate of drug-likeness (QED) is 0.698. The molecule has 24 heavy (non-hydrogen) atoms. The van der Waals surface area contributed by atoms with Crippen molar-refractivity contribution in [3.05, 3.63) is 58.1 Å². The first-order valence-electron chi connectivity index (χ1n) is 7.56. The number of halogens is 1. The van der Waals surface area contributed by atoms with Gasteiger partial charge >= 0.3 is 6.09 Å². The Balaban J connectivity index is 2.10. The van der Waals surface area contributed by atoms with Crippen LogP contribution in [0.2, 0.25) is 0 Å². The van der Waals surface area contributed by atoms with Gasteiger partial charge in [0.1, 0.15) is 5.75 Å². The monoisotopic (exact) mass is 389 g/mol. The summed E-state index contributed by atoms with van der Waals surface area (Å²) in [5.41, 5.74) is 2.19. The molecular formula is C19H20BrNO3. The summed E-state index contributed by atoms with van der Waals surface area (Å²) in [6, 6.07) is 12.4. The highest BCUT2D eigenvalue weighted by Gasteiger charge is 2.16. The third kappa shape index (κ3) is 4.68. The molecule has 0 atom stereocenters. The summed E-state index contributed by atoms with van der Waals surface area (Å²) in [7, 11) is 0. The largest absolute Gasteiger partial charge is 0.417 e. The predicted octanol–water partition coefficient (Wildman–Crippen LogP) is 5.56. The van der Waals surface area contributed by atoms with Gasteiger partial charge in [0.25, 0.3) is 0 Å². The van der Waals surface area contributed by atoms with Crippen LogP contribution in [0, 0.1) is 0 Å². The number of nitrogens with one attached hydrogen (secondary N) is 1. The first kappa shape index (κ1) is 18.2. The second-order valence-electron chi connectivity index (χ2n) is 6.55. The lowest BCUT2D eigenvalue weighted by atomic mass is 9.87. The molecule has 0 bridgehead atoms. The van der Waals surface area contributed by atoms with Crippen molar-refractivity contribution in [3.8, 4) is 5.75 Å². The van der Waals surface area contributed by atoms with Crippen LogP contribution < -0.4 is 10.1 Å². The van der Waals surface area contributed by atoms with Crippen LogP contribution in [0.5, 0.6) is 5.75 Å². The summed E-state index contributed by atoms with van der Waals surface area (Å²) in [5.74, 6) is 0.371. The van der Waals surface area contributed by atoms with E-state index in [0.717, 1.165) is 5.56 Å². The minimum Gasteiger partial charge on any atom is -0.409 e. The number of ketones is 1. The van der Waals surface area contributed by atoms with Crippen LogP contribution in [0.15, 0.2) is 46.9 Å². The molecule has 0 saturated carbocycles. The van der Waals surface area contributed by atoms with Gasteiger partial charge in [0, 0.05) is 11.3 Å². The zero-order valence-corrected chi connectivity index (χ0v) is 15.7. The van der Waals surface area contributed by atoms with Crippen LogP contribution in [0.4, 0.5) is 10.5 Å². The van der Waals surface area contributed by atoms with Crippen molar-refractivity contribution in [1.29, 1.82) is 0 Å². The van der Waals surface area contributed by atoms with E-state index in [1.165, 1.54) is 6.92 Å². The SMILES string of the molecule is CC(=O)c1cccc(NC(=O)Oc2ccc(C(C)(C)C)cc2Br)c1. The Bertz CT molecular complexity index is 778. The van der Waals surface area contributed by atoms with Crippen molar-refractivity contribution in [1.82, 2.24) is 0 Å². The lowest BCUT2D eigenvalue weighted by Gasteiger charge is -2.20. The maximum atomic E-state index is 12.1. The fourth-order valence-electron chi connectivity index (χ4n) is 2.11. The molecule has 5 heteroatoms. The Labute approximate surface area is 150 Å². The van der Waals surface area contributed by atoms with Gasteiger partial charge < -0.3 is 4.74 Å². The van der Waals surface area contributed by atoms with Crippen LogP contribution in [0.25, 0.3) is 0 Å². The van der Waals surface area contributed by atoms with E-state index in [0.29, 0.717) is 21.5 Å². The van der Waals surface area contributed by atoms with E-state index >= 15 is 0 Å². The number of hydrogen-bond donors (Lipinski definition) is 1. The summed E-state index contributed by atoms with van der Waals surface area (Å²) in [5, 5.41) is 2.62. The van der Waals surface area contributed by atoms with Gasteiger partial charge in [-0.1, -0.05) is 39.0 Å². The van der Waals surface area contributed by atoms with Gasteiger partial charge in [-0.05, 0) is 58.1 Å². The number of amides is 1. The van der Waals surface area contributed by atoms with E-state index in [1.807, 2.05) is 12.1 Å². The summed E-state index contributed by atoms with van der Waals surface area (Å²) in [6.07, 6.45) is -0.611. The van der Waals surface area contributed by atoms with Crippen molar-refractivity contribution in [3.63, 3.8) is 0 Å². The molecule has 1 amide bonds. The molecule has 0 aromatic heterocycles. The molecular weight excluding hydrogens is 370 g/mol. The molecule has 0 radical (unpaired) electrons. The fraction of sp³-hybridized carbons (Fsp3) is 0.263. The number of benzene rings is 2. The first-order chi connectivity index (χ1) is 11.2. The molecule has 1 N–H and O–H groups in total. The highest BCUT2D eigenvalue weighted by Crippen LogP contribution is 2.31. The zero-order chi connectivity index (χ0) is 17.9. The molecule has 126 valence electrons. The van der Waals surface area contributed by atoms with Crippen LogP contribution in [-0.2, 0) is 5.41 Å².